The van der Waals surface area contributed by atoms with Gasteiger partial charge in [0.15, 0.2) is 17.1 Å². The summed E-state index contributed by atoms with van der Waals surface area (Å²) in [6.07, 6.45) is 7.33. The molecule has 2 N–H and O–H groups in total. The number of pyridine rings is 2. The Labute approximate surface area is 205 Å². The maximum absolute atomic E-state index is 5.81. The Balaban J connectivity index is 1.48. The molecule has 0 amide bonds. The largest absolute Gasteiger partial charge is 0.326 e. The summed E-state index contributed by atoms with van der Waals surface area (Å²) in [5.41, 5.74) is 14.1. The van der Waals surface area contributed by atoms with Crippen molar-refractivity contribution >= 4 is 22.2 Å². The average molecular weight is 469 g/mol. The Morgan fingerprint density at radius 1 is 0.778 bits per heavy atom. The van der Waals surface area contributed by atoms with Crippen LogP contribution in [0.1, 0.15) is 5.56 Å². The first-order valence-electron chi connectivity index (χ1n) is 11.6. The zero-order chi connectivity index (χ0) is 24.1. The lowest BCUT2D eigenvalue weighted by molar-refractivity contribution is 0.939. The Morgan fingerprint density at radius 3 is 2.47 bits per heavy atom. The summed E-state index contributed by atoms with van der Waals surface area (Å²) >= 11 is 0. The van der Waals surface area contributed by atoms with Gasteiger partial charge < -0.3 is 5.73 Å². The molecule has 0 atom stereocenters. The third-order valence-electron chi connectivity index (χ3n) is 6.44. The molecule has 0 aliphatic heterocycles. The minimum atomic E-state index is 0.506. The van der Waals surface area contributed by atoms with Gasteiger partial charge in [-0.25, -0.2) is 14.5 Å². The van der Waals surface area contributed by atoms with E-state index in [4.69, 9.17) is 10.7 Å². The Kier molecular flexibility index (Phi) is 4.58. The highest BCUT2D eigenvalue weighted by atomic mass is 15.3. The SMILES string of the molecule is NCc1ccc(-c2nc3ccn4c(-c5cnn6cccnc56)nnc4c3cc2-c2ccccc2)cc1. The van der Waals surface area contributed by atoms with Crippen LogP contribution in [0.5, 0.6) is 0 Å². The second kappa shape index (κ2) is 8.07. The molecule has 2 aromatic carbocycles. The van der Waals surface area contributed by atoms with Gasteiger partial charge in [-0.05, 0) is 29.3 Å². The van der Waals surface area contributed by atoms with Crippen molar-refractivity contribution in [1.82, 2.24) is 34.2 Å². The van der Waals surface area contributed by atoms with Crippen LogP contribution in [-0.2, 0) is 6.54 Å². The lowest BCUT2D eigenvalue weighted by Crippen LogP contribution is -1.97. The first-order valence-corrected chi connectivity index (χ1v) is 11.6. The van der Waals surface area contributed by atoms with E-state index in [9.17, 15) is 0 Å². The molecule has 0 spiro atoms. The Morgan fingerprint density at radius 2 is 1.64 bits per heavy atom. The molecule has 0 aliphatic carbocycles. The van der Waals surface area contributed by atoms with Crippen molar-refractivity contribution in [3.63, 3.8) is 0 Å². The van der Waals surface area contributed by atoms with E-state index in [0.29, 0.717) is 12.4 Å². The van der Waals surface area contributed by atoms with Crippen LogP contribution in [-0.4, -0.2) is 34.2 Å². The average Bonchev–Trinajstić information content (AvgIpc) is 3.57. The standard InChI is InChI=1S/C28H20N8/c29-16-18-7-9-20(10-8-18)25-21(19-5-2-1-3-6-19)15-22-24(32-25)11-14-35-27(22)33-34-28(35)23-17-31-36-13-4-12-30-26(23)36/h1-15,17H,16,29H2. The molecular weight excluding hydrogens is 448 g/mol. The minimum absolute atomic E-state index is 0.506. The molecule has 0 aliphatic rings. The van der Waals surface area contributed by atoms with Crippen LogP contribution in [0.25, 0.3) is 56.0 Å². The molecule has 5 heterocycles. The summed E-state index contributed by atoms with van der Waals surface area (Å²) in [6.45, 7) is 0.506. The third-order valence-corrected chi connectivity index (χ3v) is 6.44. The highest BCUT2D eigenvalue weighted by Crippen LogP contribution is 2.35. The summed E-state index contributed by atoms with van der Waals surface area (Å²) in [5.74, 6) is 0.684. The van der Waals surface area contributed by atoms with Crippen molar-refractivity contribution < 1.29 is 0 Å². The topological polar surface area (TPSA) is 99.3 Å². The van der Waals surface area contributed by atoms with Crippen molar-refractivity contribution in [3.05, 3.63) is 103 Å². The van der Waals surface area contributed by atoms with Gasteiger partial charge in [0, 0.05) is 41.6 Å². The number of nitrogens with zero attached hydrogens (tertiary/aromatic N) is 7. The van der Waals surface area contributed by atoms with Gasteiger partial charge in [0.05, 0.1) is 23.0 Å². The van der Waals surface area contributed by atoms with Gasteiger partial charge in [0.25, 0.3) is 0 Å². The van der Waals surface area contributed by atoms with E-state index in [1.807, 2.05) is 59.3 Å². The number of hydrogen-bond donors (Lipinski definition) is 1. The van der Waals surface area contributed by atoms with Crippen LogP contribution in [0, 0.1) is 0 Å². The van der Waals surface area contributed by atoms with Crippen LogP contribution in [0.2, 0.25) is 0 Å². The molecular formula is C28H20N8. The zero-order valence-corrected chi connectivity index (χ0v) is 19.2. The monoisotopic (exact) mass is 468 g/mol. The molecule has 0 saturated carbocycles. The summed E-state index contributed by atoms with van der Waals surface area (Å²) in [7, 11) is 0. The number of fused-ring (bicyclic) bond motifs is 4. The maximum Gasteiger partial charge on any atom is 0.173 e. The number of rotatable bonds is 4. The first kappa shape index (κ1) is 20.4. The second-order valence-corrected chi connectivity index (χ2v) is 8.56. The summed E-state index contributed by atoms with van der Waals surface area (Å²) < 4.78 is 3.70. The number of hydrogen-bond acceptors (Lipinski definition) is 6. The lowest BCUT2D eigenvalue weighted by Gasteiger charge is -2.12. The van der Waals surface area contributed by atoms with Gasteiger partial charge >= 0.3 is 0 Å². The van der Waals surface area contributed by atoms with Gasteiger partial charge in [0.1, 0.15) is 0 Å². The number of benzene rings is 2. The summed E-state index contributed by atoms with van der Waals surface area (Å²) in [4.78, 5) is 9.58. The molecule has 0 radical (unpaired) electrons. The lowest BCUT2D eigenvalue weighted by atomic mass is 9.97. The molecule has 36 heavy (non-hydrogen) atoms. The van der Waals surface area contributed by atoms with E-state index in [1.54, 1.807) is 16.9 Å². The van der Waals surface area contributed by atoms with Crippen molar-refractivity contribution in [1.29, 1.82) is 0 Å². The summed E-state index contributed by atoms with van der Waals surface area (Å²) in [5, 5.41) is 14.4. The maximum atomic E-state index is 5.81. The molecule has 0 bridgehead atoms. The minimum Gasteiger partial charge on any atom is -0.326 e. The molecule has 0 saturated heterocycles. The molecule has 0 unspecified atom stereocenters. The fourth-order valence-electron chi connectivity index (χ4n) is 4.62. The van der Waals surface area contributed by atoms with Gasteiger partial charge in [-0.15, -0.1) is 10.2 Å². The van der Waals surface area contributed by atoms with E-state index in [0.717, 1.165) is 55.7 Å². The van der Waals surface area contributed by atoms with E-state index in [-0.39, 0.29) is 0 Å². The molecule has 5 aromatic heterocycles. The van der Waals surface area contributed by atoms with Crippen LogP contribution in [0.3, 0.4) is 0 Å². The summed E-state index contributed by atoms with van der Waals surface area (Å²) in [6, 6.07) is 24.5. The predicted molar refractivity (Wildman–Crippen MR) is 139 cm³/mol. The Bertz CT molecular complexity index is 1870. The molecule has 8 heteroatoms. The molecule has 172 valence electrons. The van der Waals surface area contributed by atoms with Crippen molar-refractivity contribution in [2.24, 2.45) is 5.73 Å². The van der Waals surface area contributed by atoms with E-state index in [2.05, 4.69) is 50.6 Å². The molecule has 8 nitrogen and oxygen atoms in total. The van der Waals surface area contributed by atoms with Gasteiger partial charge in [-0.2, -0.15) is 5.10 Å². The molecule has 7 aromatic rings. The molecule has 7 rings (SSSR count). The third kappa shape index (κ3) is 3.16. The number of aromatic nitrogens is 7. The Hall–Kier alpha value is -4.95. The number of nitrogens with two attached hydrogens (primary N) is 1. The van der Waals surface area contributed by atoms with Crippen LogP contribution in [0.15, 0.2) is 97.6 Å². The van der Waals surface area contributed by atoms with Crippen molar-refractivity contribution in [2.75, 3.05) is 0 Å². The van der Waals surface area contributed by atoms with Crippen molar-refractivity contribution in [2.45, 2.75) is 6.54 Å². The fraction of sp³-hybridized carbons (Fsp3) is 0.0357. The van der Waals surface area contributed by atoms with E-state index < -0.39 is 0 Å². The van der Waals surface area contributed by atoms with E-state index in [1.165, 1.54) is 0 Å². The van der Waals surface area contributed by atoms with Crippen molar-refractivity contribution in [3.8, 4) is 33.8 Å². The smallest absolute Gasteiger partial charge is 0.173 e. The predicted octanol–water partition coefficient (Wildman–Crippen LogP) is 4.78. The van der Waals surface area contributed by atoms with Gasteiger partial charge in [0.2, 0.25) is 0 Å². The van der Waals surface area contributed by atoms with Crippen LogP contribution in [0.4, 0.5) is 0 Å². The highest BCUT2D eigenvalue weighted by Gasteiger charge is 2.18. The van der Waals surface area contributed by atoms with Crippen LogP contribution < -0.4 is 5.73 Å². The zero-order valence-electron chi connectivity index (χ0n) is 19.2. The fourth-order valence-corrected chi connectivity index (χ4v) is 4.62. The van der Waals surface area contributed by atoms with Gasteiger partial charge in [-0.3, -0.25) is 4.40 Å². The van der Waals surface area contributed by atoms with E-state index >= 15 is 0 Å². The van der Waals surface area contributed by atoms with Gasteiger partial charge in [-0.1, -0.05) is 54.6 Å². The second-order valence-electron chi connectivity index (χ2n) is 8.56. The highest BCUT2D eigenvalue weighted by molar-refractivity contribution is 5.98. The first-order chi connectivity index (χ1) is 17.8. The quantitative estimate of drug-likeness (QED) is 0.399. The van der Waals surface area contributed by atoms with Crippen LogP contribution >= 0.6 is 0 Å². The normalized spacial score (nSPS) is 11.6. The molecule has 0 fully saturated rings.